The van der Waals surface area contributed by atoms with Crippen LogP contribution in [0.4, 0.5) is 5.69 Å². The highest BCUT2D eigenvalue weighted by Crippen LogP contribution is 2.33. The van der Waals surface area contributed by atoms with Crippen molar-refractivity contribution >= 4 is 44.6 Å². The number of rotatable bonds is 3. The Labute approximate surface area is 180 Å². The van der Waals surface area contributed by atoms with Crippen LogP contribution in [-0.4, -0.2) is 29.5 Å². The SMILES string of the molecule is Cc1nc2c(C(=O)c3ccccc3)n3ccccc3c2c2nc3ccc([N+](=O)[O-])cc3n12. The van der Waals surface area contributed by atoms with Gasteiger partial charge in [0.2, 0.25) is 5.78 Å². The molecule has 0 spiro atoms. The fraction of sp³-hybridized carbons (Fsp3) is 0.0417. The van der Waals surface area contributed by atoms with E-state index in [4.69, 9.17) is 9.97 Å². The third-order valence-corrected chi connectivity index (χ3v) is 5.74. The Bertz CT molecular complexity index is 1730. The van der Waals surface area contributed by atoms with Gasteiger partial charge in [0.25, 0.3) is 5.69 Å². The Kier molecular flexibility index (Phi) is 3.67. The van der Waals surface area contributed by atoms with Crippen molar-refractivity contribution in [3.05, 3.63) is 100 Å². The molecular formula is C24H15N5O3. The summed E-state index contributed by atoms with van der Waals surface area (Å²) in [4.78, 5) is 34.0. The topological polar surface area (TPSA) is 94.8 Å². The molecule has 0 aliphatic heterocycles. The second-order valence-electron chi connectivity index (χ2n) is 7.58. The van der Waals surface area contributed by atoms with Gasteiger partial charge in [-0.1, -0.05) is 36.4 Å². The van der Waals surface area contributed by atoms with E-state index >= 15 is 0 Å². The number of carbonyl (C=O) groups is 1. The third kappa shape index (κ3) is 2.40. The van der Waals surface area contributed by atoms with E-state index in [1.54, 1.807) is 18.2 Å². The smallest absolute Gasteiger partial charge is 0.271 e. The molecule has 0 fully saturated rings. The summed E-state index contributed by atoms with van der Waals surface area (Å²) >= 11 is 0. The summed E-state index contributed by atoms with van der Waals surface area (Å²) in [7, 11) is 0. The first-order chi connectivity index (χ1) is 15.5. The molecule has 0 bridgehead atoms. The highest BCUT2D eigenvalue weighted by molar-refractivity contribution is 6.20. The quantitative estimate of drug-likeness (QED) is 0.234. The van der Waals surface area contributed by atoms with Gasteiger partial charge in [-0.2, -0.15) is 0 Å². The van der Waals surface area contributed by atoms with E-state index in [9.17, 15) is 14.9 Å². The number of hydrogen-bond acceptors (Lipinski definition) is 5. The molecule has 0 unspecified atom stereocenters. The van der Waals surface area contributed by atoms with Crippen molar-refractivity contribution in [2.24, 2.45) is 0 Å². The first-order valence-corrected chi connectivity index (χ1v) is 10.0. The lowest BCUT2D eigenvalue weighted by molar-refractivity contribution is -0.384. The van der Waals surface area contributed by atoms with Crippen LogP contribution in [-0.2, 0) is 0 Å². The average molecular weight is 421 g/mol. The number of benzene rings is 2. The predicted molar refractivity (Wildman–Crippen MR) is 120 cm³/mol. The molecule has 0 aliphatic carbocycles. The minimum absolute atomic E-state index is 0.0134. The van der Waals surface area contributed by atoms with Gasteiger partial charge in [-0.3, -0.25) is 19.3 Å². The van der Waals surface area contributed by atoms with Crippen LogP contribution in [0.15, 0.2) is 72.9 Å². The van der Waals surface area contributed by atoms with Crippen molar-refractivity contribution in [2.45, 2.75) is 6.92 Å². The molecule has 0 N–H and O–H groups in total. The maximum absolute atomic E-state index is 13.5. The number of nitro benzene ring substituents is 1. The maximum atomic E-state index is 13.5. The Balaban J connectivity index is 1.79. The zero-order chi connectivity index (χ0) is 22.0. The summed E-state index contributed by atoms with van der Waals surface area (Å²) in [6, 6.07) is 19.4. The standard InChI is InChI=1S/C24H15N5O3/c1-14-25-21-20(24-26-17-11-10-16(29(31)32)13-19(17)28(14)24)18-9-5-6-12-27(18)22(21)23(30)15-7-3-2-4-8-15/h2-13H,1H3. The molecule has 0 saturated heterocycles. The molecule has 0 atom stereocenters. The third-order valence-electron chi connectivity index (χ3n) is 5.74. The minimum Gasteiger partial charge on any atom is -0.311 e. The van der Waals surface area contributed by atoms with E-state index in [-0.39, 0.29) is 11.5 Å². The van der Waals surface area contributed by atoms with E-state index in [1.807, 2.05) is 58.3 Å². The van der Waals surface area contributed by atoms with Crippen LogP contribution in [0.3, 0.4) is 0 Å². The second kappa shape index (κ2) is 6.45. The summed E-state index contributed by atoms with van der Waals surface area (Å²) in [5.74, 6) is 0.457. The molecular weight excluding hydrogens is 406 g/mol. The van der Waals surface area contributed by atoms with Crippen molar-refractivity contribution < 1.29 is 9.72 Å². The van der Waals surface area contributed by atoms with Crippen molar-refractivity contribution in [3.8, 4) is 0 Å². The predicted octanol–water partition coefficient (Wildman–Crippen LogP) is 4.74. The first kappa shape index (κ1) is 18.2. The molecule has 32 heavy (non-hydrogen) atoms. The molecule has 4 heterocycles. The Morgan fingerprint density at radius 2 is 1.75 bits per heavy atom. The zero-order valence-corrected chi connectivity index (χ0v) is 16.9. The number of nitrogens with zero attached hydrogens (tertiary/aromatic N) is 5. The number of ketones is 1. The summed E-state index contributed by atoms with van der Waals surface area (Å²) in [5, 5.41) is 12.0. The highest BCUT2D eigenvalue weighted by atomic mass is 16.6. The lowest BCUT2D eigenvalue weighted by Gasteiger charge is -2.04. The minimum atomic E-state index is -0.426. The fourth-order valence-electron chi connectivity index (χ4n) is 4.35. The van der Waals surface area contributed by atoms with Crippen molar-refractivity contribution in [1.29, 1.82) is 0 Å². The number of hydrogen-bond donors (Lipinski definition) is 0. The molecule has 4 aromatic heterocycles. The van der Waals surface area contributed by atoms with Gasteiger partial charge < -0.3 is 4.40 Å². The normalized spacial score (nSPS) is 11.7. The lowest BCUT2D eigenvalue weighted by Crippen LogP contribution is -2.06. The van der Waals surface area contributed by atoms with Crippen LogP contribution < -0.4 is 0 Å². The molecule has 0 saturated carbocycles. The molecule has 0 aliphatic rings. The van der Waals surface area contributed by atoms with Crippen LogP contribution >= 0.6 is 0 Å². The van der Waals surface area contributed by atoms with Crippen LogP contribution in [0.25, 0.3) is 33.1 Å². The number of carbonyl (C=O) groups excluding carboxylic acids is 1. The van der Waals surface area contributed by atoms with Gasteiger partial charge in [0, 0.05) is 23.9 Å². The van der Waals surface area contributed by atoms with E-state index in [2.05, 4.69) is 0 Å². The number of aryl methyl sites for hydroxylation is 1. The monoisotopic (exact) mass is 421 g/mol. The second-order valence-corrected chi connectivity index (χ2v) is 7.58. The Morgan fingerprint density at radius 1 is 0.969 bits per heavy atom. The van der Waals surface area contributed by atoms with Crippen LogP contribution in [0.2, 0.25) is 0 Å². The number of aromatic nitrogens is 4. The largest absolute Gasteiger partial charge is 0.311 e. The van der Waals surface area contributed by atoms with Gasteiger partial charge in [-0.05, 0) is 25.1 Å². The van der Waals surface area contributed by atoms with Crippen LogP contribution in [0.1, 0.15) is 21.9 Å². The molecule has 154 valence electrons. The molecule has 6 rings (SSSR count). The van der Waals surface area contributed by atoms with Gasteiger partial charge in [-0.15, -0.1) is 0 Å². The molecule has 0 radical (unpaired) electrons. The van der Waals surface area contributed by atoms with E-state index in [0.29, 0.717) is 39.3 Å². The van der Waals surface area contributed by atoms with Crippen molar-refractivity contribution in [1.82, 2.24) is 18.8 Å². The summed E-state index contributed by atoms with van der Waals surface area (Å²) in [6.07, 6.45) is 1.84. The van der Waals surface area contributed by atoms with E-state index < -0.39 is 4.92 Å². The lowest BCUT2D eigenvalue weighted by atomic mass is 10.1. The molecule has 6 aromatic rings. The highest BCUT2D eigenvalue weighted by Gasteiger charge is 2.25. The number of fused-ring (bicyclic) bond motifs is 7. The first-order valence-electron chi connectivity index (χ1n) is 10.0. The van der Waals surface area contributed by atoms with Gasteiger partial charge in [-0.25, -0.2) is 9.97 Å². The number of non-ortho nitro benzene ring substituents is 1. The summed E-state index contributed by atoms with van der Waals surface area (Å²) < 4.78 is 3.66. The summed E-state index contributed by atoms with van der Waals surface area (Å²) in [6.45, 7) is 1.81. The average Bonchev–Trinajstić information content (AvgIpc) is 3.34. The number of pyridine rings is 1. The van der Waals surface area contributed by atoms with Crippen molar-refractivity contribution in [2.75, 3.05) is 0 Å². The number of nitro groups is 1. The van der Waals surface area contributed by atoms with E-state index in [1.165, 1.54) is 12.1 Å². The zero-order valence-electron chi connectivity index (χ0n) is 16.9. The number of imidazole rings is 1. The van der Waals surface area contributed by atoms with Gasteiger partial charge >= 0.3 is 0 Å². The van der Waals surface area contributed by atoms with E-state index in [0.717, 1.165) is 10.9 Å². The van der Waals surface area contributed by atoms with Crippen LogP contribution in [0.5, 0.6) is 0 Å². The Morgan fingerprint density at radius 3 is 2.53 bits per heavy atom. The maximum Gasteiger partial charge on any atom is 0.271 e. The molecule has 8 nitrogen and oxygen atoms in total. The van der Waals surface area contributed by atoms with Gasteiger partial charge in [0.05, 0.1) is 26.9 Å². The molecule has 0 amide bonds. The van der Waals surface area contributed by atoms with Gasteiger partial charge in [0.15, 0.2) is 5.65 Å². The molecule has 2 aromatic carbocycles. The Hall–Kier alpha value is -4.59. The fourth-order valence-corrected chi connectivity index (χ4v) is 4.35. The van der Waals surface area contributed by atoms with Crippen molar-refractivity contribution in [3.63, 3.8) is 0 Å². The van der Waals surface area contributed by atoms with Crippen LogP contribution in [0, 0.1) is 17.0 Å². The van der Waals surface area contributed by atoms with Gasteiger partial charge in [0.1, 0.15) is 17.0 Å². The summed E-state index contributed by atoms with van der Waals surface area (Å²) in [5.41, 5.74) is 4.21. The molecule has 8 heteroatoms.